The molecule has 3 heteroatoms. The van der Waals surface area contributed by atoms with Crippen molar-refractivity contribution in [2.75, 3.05) is 6.61 Å². The summed E-state index contributed by atoms with van der Waals surface area (Å²) in [6.07, 6.45) is 3.92. The van der Waals surface area contributed by atoms with Crippen molar-refractivity contribution in [1.82, 2.24) is 0 Å². The van der Waals surface area contributed by atoms with Gasteiger partial charge in [0.25, 0.3) is 0 Å². The van der Waals surface area contributed by atoms with Gasteiger partial charge in [-0.05, 0) is 28.9 Å². The van der Waals surface area contributed by atoms with Gasteiger partial charge in [0.1, 0.15) is 12.4 Å². The molecular weight excluding hydrogens is 242 g/mol. The Labute approximate surface area is 92.9 Å². The lowest BCUT2D eigenvalue weighted by molar-refractivity contribution is 0.356. The first-order chi connectivity index (χ1) is 6.79. The molecule has 1 aromatic carbocycles. The fourth-order valence-electron chi connectivity index (χ4n) is 1.10. The Morgan fingerprint density at radius 2 is 2.29 bits per heavy atom. The molecule has 76 valence electrons. The van der Waals surface area contributed by atoms with Gasteiger partial charge in [-0.25, -0.2) is 0 Å². The van der Waals surface area contributed by atoms with Crippen LogP contribution in [0.2, 0.25) is 0 Å². The molecule has 0 heterocycles. The zero-order valence-electron chi connectivity index (χ0n) is 8.16. The average molecular weight is 256 g/mol. The van der Waals surface area contributed by atoms with Gasteiger partial charge in [-0.2, -0.15) is 0 Å². The standard InChI is InChI=1S/C11H14BrNO/c1-2-3-7-14-11-9(8-13)5-4-6-10(11)12/h2-6H,7-8,13H2,1H3/b3-2+. The van der Waals surface area contributed by atoms with Gasteiger partial charge in [-0.1, -0.05) is 24.3 Å². The Morgan fingerprint density at radius 1 is 1.50 bits per heavy atom. The molecule has 2 N–H and O–H groups in total. The number of benzene rings is 1. The van der Waals surface area contributed by atoms with Crippen LogP contribution in [-0.2, 0) is 6.54 Å². The molecule has 0 fully saturated rings. The van der Waals surface area contributed by atoms with E-state index in [0.717, 1.165) is 15.8 Å². The van der Waals surface area contributed by atoms with Gasteiger partial charge >= 0.3 is 0 Å². The molecule has 1 rings (SSSR count). The van der Waals surface area contributed by atoms with Crippen LogP contribution < -0.4 is 10.5 Å². The van der Waals surface area contributed by atoms with E-state index in [1.54, 1.807) is 0 Å². The molecule has 0 unspecified atom stereocenters. The van der Waals surface area contributed by atoms with E-state index in [-0.39, 0.29) is 0 Å². The van der Waals surface area contributed by atoms with E-state index in [9.17, 15) is 0 Å². The molecule has 0 radical (unpaired) electrons. The van der Waals surface area contributed by atoms with Crippen molar-refractivity contribution < 1.29 is 4.74 Å². The summed E-state index contributed by atoms with van der Waals surface area (Å²) in [4.78, 5) is 0. The summed E-state index contributed by atoms with van der Waals surface area (Å²) in [5.41, 5.74) is 6.62. The lowest BCUT2D eigenvalue weighted by Crippen LogP contribution is -2.02. The molecule has 2 nitrogen and oxygen atoms in total. The second-order valence-corrected chi connectivity index (χ2v) is 3.67. The molecule has 0 aromatic heterocycles. The highest BCUT2D eigenvalue weighted by molar-refractivity contribution is 9.10. The monoisotopic (exact) mass is 255 g/mol. The van der Waals surface area contributed by atoms with Gasteiger partial charge in [-0.15, -0.1) is 0 Å². The summed E-state index contributed by atoms with van der Waals surface area (Å²) < 4.78 is 6.53. The first-order valence-electron chi connectivity index (χ1n) is 4.51. The number of allylic oxidation sites excluding steroid dienone is 1. The normalized spacial score (nSPS) is 10.8. The Balaban J connectivity index is 2.82. The smallest absolute Gasteiger partial charge is 0.138 e. The molecule has 0 saturated carbocycles. The highest BCUT2D eigenvalue weighted by Crippen LogP contribution is 2.28. The van der Waals surface area contributed by atoms with Crippen molar-refractivity contribution in [3.63, 3.8) is 0 Å². The van der Waals surface area contributed by atoms with E-state index in [1.165, 1.54) is 0 Å². The fourth-order valence-corrected chi connectivity index (χ4v) is 1.63. The summed E-state index contributed by atoms with van der Waals surface area (Å²) in [5, 5.41) is 0. The van der Waals surface area contributed by atoms with Gasteiger partial charge in [0.2, 0.25) is 0 Å². The lowest BCUT2D eigenvalue weighted by Gasteiger charge is -2.10. The van der Waals surface area contributed by atoms with E-state index in [2.05, 4.69) is 15.9 Å². The maximum atomic E-state index is 5.60. The zero-order valence-corrected chi connectivity index (χ0v) is 9.75. The van der Waals surface area contributed by atoms with Crippen molar-refractivity contribution in [1.29, 1.82) is 0 Å². The minimum Gasteiger partial charge on any atom is -0.488 e. The first-order valence-corrected chi connectivity index (χ1v) is 5.30. The minimum absolute atomic E-state index is 0.491. The van der Waals surface area contributed by atoms with E-state index in [4.69, 9.17) is 10.5 Å². The molecule has 0 saturated heterocycles. The minimum atomic E-state index is 0.491. The summed E-state index contributed by atoms with van der Waals surface area (Å²) >= 11 is 3.44. The third-order valence-corrected chi connectivity index (χ3v) is 2.45. The number of nitrogens with two attached hydrogens (primary N) is 1. The van der Waals surface area contributed by atoms with Crippen LogP contribution in [0.4, 0.5) is 0 Å². The van der Waals surface area contributed by atoms with Gasteiger partial charge in [0, 0.05) is 12.1 Å². The van der Waals surface area contributed by atoms with Gasteiger partial charge in [-0.3, -0.25) is 0 Å². The van der Waals surface area contributed by atoms with Crippen LogP contribution in [0.5, 0.6) is 5.75 Å². The van der Waals surface area contributed by atoms with Crippen LogP contribution >= 0.6 is 15.9 Å². The number of hydrogen-bond donors (Lipinski definition) is 1. The third kappa shape index (κ3) is 2.86. The molecular formula is C11H14BrNO. The van der Waals surface area contributed by atoms with E-state index in [0.29, 0.717) is 13.2 Å². The van der Waals surface area contributed by atoms with Crippen LogP contribution in [-0.4, -0.2) is 6.61 Å². The van der Waals surface area contributed by atoms with Crippen molar-refractivity contribution in [2.24, 2.45) is 5.73 Å². The number of rotatable bonds is 4. The predicted octanol–water partition coefficient (Wildman–Crippen LogP) is 2.86. The second kappa shape index (κ2) is 5.83. The van der Waals surface area contributed by atoms with Crippen molar-refractivity contribution in [2.45, 2.75) is 13.5 Å². The zero-order chi connectivity index (χ0) is 10.4. The van der Waals surface area contributed by atoms with E-state index in [1.807, 2.05) is 37.3 Å². The van der Waals surface area contributed by atoms with Gasteiger partial charge in [0.05, 0.1) is 4.47 Å². The predicted molar refractivity (Wildman–Crippen MR) is 62.3 cm³/mol. The Bertz CT molecular complexity index is 323. The molecule has 0 bridgehead atoms. The largest absolute Gasteiger partial charge is 0.488 e. The highest BCUT2D eigenvalue weighted by Gasteiger charge is 2.05. The number of para-hydroxylation sites is 1. The van der Waals surface area contributed by atoms with Gasteiger partial charge < -0.3 is 10.5 Å². The molecule has 0 amide bonds. The van der Waals surface area contributed by atoms with Crippen molar-refractivity contribution >= 4 is 15.9 Å². The maximum absolute atomic E-state index is 5.60. The number of halogens is 1. The summed E-state index contributed by atoms with van der Waals surface area (Å²) in [6.45, 7) is 3.03. The number of hydrogen-bond acceptors (Lipinski definition) is 2. The van der Waals surface area contributed by atoms with E-state index >= 15 is 0 Å². The molecule has 0 atom stereocenters. The fraction of sp³-hybridized carbons (Fsp3) is 0.273. The topological polar surface area (TPSA) is 35.2 Å². The molecule has 14 heavy (non-hydrogen) atoms. The first kappa shape index (κ1) is 11.3. The summed E-state index contributed by atoms with van der Waals surface area (Å²) in [5.74, 6) is 0.841. The third-order valence-electron chi connectivity index (χ3n) is 1.83. The van der Waals surface area contributed by atoms with Crippen LogP contribution in [0.1, 0.15) is 12.5 Å². The SMILES string of the molecule is C/C=C/COc1c(Br)cccc1CN. The lowest BCUT2D eigenvalue weighted by atomic mass is 10.2. The van der Waals surface area contributed by atoms with Crippen LogP contribution in [0, 0.1) is 0 Å². The van der Waals surface area contributed by atoms with Crippen LogP contribution in [0.15, 0.2) is 34.8 Å². The summed E-state index contributed by atoms with van der Waals surface area (Å²) in [6, 6.07) is 5.87. The Hall–Kier alpha value is -0.800. The van der Waals surface area contributed by atoms with Gasteiger partial charge in [0.15, 0.2) is 0 Å². The second-order valence-electron chi connectivity index (χ2n) is 2.81. The molecule has 1 aromatic rings. The quantitative estimate of drug-likeness (QED) is 0.840. The molecule has 0 aliphatic heterocycles. The van der Waals surface area contributed by atoms with Crippen molar-refractivity contribution in [3.8, 4) is 5.75 Å². The van der Waals surface area contributed by atoms with E-state index < -0.39 is 0 Å². The van der Waals surface area contributed by atoms with Crippen molar-refractivity contribution in [3.05, 3.63) is 40.4 Å². The maximum Gasteiger partial charge on any atom is 0.138 e. The highest BCUT2D eigenvalue weighted by atomic mass is 79.9. The Kier molecular flexibility index (Phi) is 4.70. The average Bonchev–Trinajstić information content (AvgIpc) is 2.20. The van der Waals surface area contributed by atoms with Crippen LogP contribution in [0.3, 0.4) is 0 Å². The molecule has 0 aliphatic rings. The molecule has 0 aliphatic carbocycles. The molecule has 0 spiro atoms. The Morgan fingerprint density at radius 3 is 2.93 bits per heavy atom. The number of ether oxygens (including phenoxy) is 1. The van der Waals surface area contributed by atoms with Crippen LogP contribution in [0.25, 0.3) is 0 Å². The summed E-state index contributed by atoms with van der Waals surface area (Å²) in [7, 11) is 0.